The number of nitrogen functional groups attached to an aromatic ring is 1. The van der Waals surface area contributed by atoms with Crippen molar-refractivity contribution in [2.45, 2.75) is 13.8 Å². The van der Waals surface area contributed by atoms with Crippen LogP contribution in [0.5, 0.6) is 0 Å². The topological polar surface area (TPSA) is 102 Å². The molecule has 1 heterocycles. The molecule has 1 amide bonds. The monoisotopic (exact) mass is 253 g/mol. The fourth-order valence-corrected chi connectivity index (χ4v) is 1.19. The SMILES string of the molecule is CC(C)COCCNC(=O)c1cncc(NN)n1. The smallest absolute Gasteiger partial charge is 0.271 e. The molecule has 1 rings (SSSR count). The molecule has 0 aromatic carbocycles. The first kappa shape index (κ1) is 14.3. The van der Waals surface area contributed by atoms with E-state index in [1.807, 2.05) is 0 Å². The molecule has 0 saturated heterocycles. The van der Waals surface area contributed by atoms with Gasteiger partial charge in [0.25, 0.3) is 5.91 Å². The van der Waals surface area contributed by atoms with E-state index in [9.17, 15) is 4.79 Å². The maximum absolute atomic E-state index is 11.7. The fraction of sp³-hybridized carbons (Fsp3) is 0.545. The van der Waals surface area contributed by atoms with Gasteiger partial charge >= 0.3 is 0 Å². The minimum Gasteiger partial charge on any atom is -0.379 e. The molecule has 0 aliphatic heterocycles. The highest BCUT2D eigenvalue weighted by molar-refractivity contribution is 5.92. The van der Waals surface area contributed by atoms with Gasteiger partial charge in [-0.15, -0.1) is 0 Å². The van der Waals surface area contributed by atoms with Gasteiger partial charge in [0.2, 0.25) is 0 Å². The highest BCUT2D eigenvalue weighted by atomic mass is 16.5. The van der Waals surface area contributed by atoms with Crippen molar-refractivity contribution in [2.75, 3.05) is 25.2 Å². The number of amides is 1. The molecule has 1 aromatic rings. The van der Waals surface area contributed by atoms with Gasteiger partial charge in [-0.05, 0) is 5.92 Å². The van der Waals surface area contributed by atoms with Gasteiger partial charge in [-0.2, -0.15) is 0 Å². The quantitative estimate of drug-likeness (QED) is 0.363. The first-order valence-corrected chi connectivity index (χ1v) is 5.78. The molecule has 0 saturated carbocycles. The van der Waals surface area contributed by atoms with Crippen LogP contribution in [0.2, 0.25) is 0 Å². The summed E-state index contributed by atoms with van der Waals surface area (Å²) in [5, 5.41) is 2.69. The molecule has 7 nitrogen and oxygen atoms in total. The van der Waals surface area contributed by atoms with Crippen LogP contribution in [0.3, 0.4) is 0 Å². The highest BCUT2D eigenvalue weighted by Crippen LogP contribution is 1.99. The number of hydrogen-bond acceptors (Lipinski definition) is 6. The maximum atomic E-state index is 11.7. The minimum atomic E-state index is -0.298. The minimum absolute atomic E-state index is 0.217. The third kappa shape index (κ3) is 5.07. The Hall–Kier alpha value is -1.73. The van der Waals surface area contributed by atoms with Gasteiger partial charge in [0.1, 0.15) is 5.69 Å². The van der Waals surface area contributed by atoms with Crippen LogP contribution >= 0.6 is 0 Å². The molecule has 0 fully saturated rings. The van der Waals surface area contributed by atoms with E-state index in [1.54, 1.807) is 0 Å². The van der Waals surface area contributed by atoms with E-state index in [-0.39, 0.29) is 11.6 Å². The van der Waals surface area contributed by atoms with Crippen molar-refractivity contribution in [1.82, 2.24) is 15.3 Å². The molecule has 4 N–H and O–H groups in total. The molecule has 0 bridgehead atoms. The summed E-state index contributed by atoms with van der Waals surface area (Å²) in [6.45, 7) is 5.74. The Bertz CT molecular complexity index is 383. The van der Waals surface area contributed by atoms with Crippen LogP contribution in [-0.2, 0) is 4.74 Å². The third-order valence-electron chi connectivity index (χ3n) is 2.00. The van der Waals surface area contributed by atoms with Crippen LogP contribution in [0.1, 0.15) is 24.3 Å². The first-order valence-electron chi connectivity index (χ1n) is 5.78. The summed E-state index contributed by atoms with van der Waals surface area (Å²) in [6.07, 6.45) is 2.81. The van der Waals surface area contributed by atoms with Gasteiger partial charge in [0.15, 0.2) is 5.82 Å². The van der Waals surface area contributed by atoms with Crippen molar-refractivity contribution < 1.29 is 9.53 Å². The molecule has 0 atom stereocenters. The average Bonchev–Trinajstić information content (AvgIpc) is 2.37. The zero-order chi connectivity index (χ0) is 13.4. The third-order valence-corrected chi connectivity index (χ3v) is 2.00. The van der Waals surface area contributed by atoms with Gasteiger partial charge in [-0.25, -0.2) is 10.8 Å². The molecule has 7 heteroatoms. The van der Waals surface area contributed by atoms with Crippen LogP contribution in [-0.4, -0.2) is 35.6 Å². The lowest BCUT2D eigenvalue weighted by Gasteiger charge is -2.08. The Morgan fingerprint density at radius 3 is 2.94 bits per heavy atom. The zero-order valence-electron chi connectivity index (χ0n) is 10.6. The first-order chi connectivity index (χ1) is 8.63. The van der Waals surface area contributed by atoms with Crippen LogP contribution < -0.4 is 16.6 Å². The Labute approximate surface area is 106 Å². The molecule has 0 spiro atoms. The van der Waals surface area contributed by atoms with Crippen molar-refractivity contribution in [3.8, 4) is 0 Å². The fourth-order valence-electron chi connectivity index (χ4n) is 1.19. The van der Waals surface area contributed by atoms with Crippen LogP contribution in [0.4, 0.5) is 5.82 Å². The number of nitrogens with two attached hydrogens (primary N) is 1. The number of carbonyl (C=O) groups excluding carboxylic acids is 1. The molecule has 0 aliphatic rings. The molecule has 0 unspecified atom stereocenters. The van der Waals surface area contributed by atoms with E-state index < -0.39 is 0 Å². The van der Waals surface area contributed by atoms with E-state index in [2.05, 4.69) is 34.6 Å². The van der Waals surface area contributed by atoms with Crippen molar-refractivity contribution in [3.05, 3.63) is 18.1 Å². The van der Waals surface area contributed by atoms with Gasteiger partial charge < -0.3 is 15.5 Å². The summed E-state index contributed by atoms with van der Waals surface area (Å²) < 4.78 is 5.34. The summed E-state index contributed by atoms with van der Waals surface area (Å²) >= 11 is 0. The molecule has 18 heavy (non-hydrogen) atoms. The van der Waals surface area contributed by atoms with Crippen LogP contribution in [0.25, 0.3) is 0 Å². The summed E-state index contributed by atoms with van der Waals surface area (Å²) in [6, 6.07) is 0. The number of ether oxygens (including phenoxy) is 1. The number of rotatable bonds is 7. The Morgan fingerprint density at radius 2 is 2.28 bits per heavy atom. The largest absolute Gasteiger partial charge is 0.379 e. The second-order valence-electron chi connectivity index (χ2n) is 4.16. The lowest BCUT2D eigenvalue weighted by Crippen LogP contribution is -2.28. The Morgan fingerprint density at radius 1 is 1.50 bits per heavy atom. The van der Waals surface area contributed by atoms with E-state index >= 15 is 0 Å². The second-order valence-corrected chi connectivity index (χ2v) is 4.16. The van der Waals surface area contributed by atoms with Crippen molar-refractivity contribution in [3.63, 3.8) is 0 Å². The van der Waals surface area contributed by atoms with Gasteiger partial charge in [0, 0.05) is 13.2 Å². The van der Waals surface area contributed by atoms with Gasteiger partial charge in [0.05, 0.1) is 19.0 Å². The molecule has 1 aromatic heterocycles. The number of aromatic nitrogens is 2. The second kappa shape index (κ2) is 7.57. The number of hydrogen-bond donors (Lipinski definition) is 3. The standard InChI is InChI=1S/C11H19N5O2/c1-8(2)7-18-4-3-14-11(17)9-5-13-6-10(15-9)16-12/h5-6,8H,3-4,7,12H2,1-2H3,(H,14,17)(H,15,16). The van der Waals surface area contributed by atoms with Gasteiger partial charge in [-0.3, -0.25) is 9.78 Å². The maximum Gasteiger partial charge on any atom is 0.271 e. The van der Waals surface area contributed by atoms with Crippen LogP contribution in [0.15, 0.2) is 12.4 Å². The average molecular weight is 253 g/mol. The number of carbonyl (C=O) groups is 1. The Kier molecular flexibility index (Phi) is 6.03. The predicted octanol–water partition coefficient (Wildman–Crippen LogP) is 0.165. The lowest BCUT2D eigenvalue weighted by atomic mass is 10.2. The molecular formula is C11H19N5O2. The van der Waals surface area contributed by atoms with Gasteiger partial charge in [-0.1, -0.05) is 13.8 Å². The molecule has 0 aliphatic carbocycles. The predicted molar refractivity (Wildman–Crippen MR) is 67.8 cm³/mol. The molecular weight excluding hydrogens is 234 g/mol. The van der Waals surface area contributed by atoms with Crippen molar-refractivity contribution in [1.29, 1.82) is 0 Å². The number of anilines is 1. The van der Waals surface area contributed by atoms with Crippen LogP contribution in [0, 0.1) is 5.92 Å². The molecule has 0 radical (unpaired) electrons. The van der Waals surface area contributed by atoms with E-state index in [4.69, 9.17) is 10.6 Å². The highest BCUT2D eigenvalue weighted by Gasteiger charge is 2.07. The molecule has 100 valence electrons. The number of hydrazine groups is 1. The van der Waals surface area contributed by atoms with E-state index in [1.165, 1.54) is 12.4 Å². The van der Waals surface area contributed by atoms with Crippen molar-refractivity contribution >= 4 is 11.7 Å². The summed E-state index contributed by atoms with van der Waals surface area (Å²) in [7, 11) is 0. The Balaban J connectivity index is 2.31. The summed E-state index contributed by atoms with van der Waals surface area (Å²) in [5.74, 6) is 5.72. The van der Waals surface area contributed by atoms with E-state index in [0.29, 0.717) is 31.5 Å². The summed E-state index contributed by atoms with van der Waals surface area (Å²) in [5.41, 5.74) is 2.55. The zero-order valence-corrected chi connectivity index (χ0v) is 10.6. The summed E-state index contributed by atoms with van der Waals surface area (Å²) in [4.78, 5) is 19.5. The number of nitrogens with one attached hydrogen (secondary N) is 2. The van der Waals surface area contributed by atoms with Crippen molar-refractivity contribution in [2.24, 2.45) is 11.8 Å². The van der Waals surface area contributed by atoms with E-state index in [0.717, 1.165) is 0 Å². The normalized spacial score (nSPS) is 10.4. The lowest BCUT2D eigenvalue weighted by molar-refractivity contribution is 0.0882. The number of nitrogens with zero attached hydrogens (tertiary/aromatic N) is 2.